The second kappa shape index (κ2) is 15.9. The van der Waals surface area contributed by atoms with E-state index in [1.807, 2.05) is 48.5 Å². The Hall–Kier alpha value is -4.43. The molecule has 2 fully saturated rings. The van der Waals surface area contributed by atoms with Crippen molar-refractivity contribution < 1.29 is 42.9 Å². The van der Waals surface area contributed by atoms with Crippen LogP contribution in [0.3, 0.4) is 0 Å². The maximum atomic E-state index is 13.6. The molecule has 0 bridgehead atoms. The van der Waals surface area contributed by atoms with Crippen molar-refractivity contribution >= 4 is 41.1 Å². The maximum Gasteiger partial charge on any atom is 0.352 e. The van der Waals surface area contributed by atoms with Gasteiger partial charge < -0.3 is 39.6 Å². The summed E-state index contributed by atoms with van der Waals surface area (Å²) in [7, 11) is 3.21. The zero-order valence-electron chi connectivity index (χ0n) is 28.6. The van der Waals surface area contributed by atoms with Crippen LogP contribution in [-0.2, 0) is 22.8 Å². The van der Waals surface area contributed by atoms with Crippen molar-refractivity contribution in [2.75, 3.05) is 52.7 Å². The Kier molecular flexibility index (Phi) is 11.3. The summed E-state index contributed by atoms with van der Waals surface area (Å²) in [5.41, 5.74) is 8.75. The van der Waals surface area contributed by atoms with E-state index < -0.39 is 12.0 Å². The number of halogens is 1. The number of hydrogen-bond donors (Lipinski definition) is 3. The molecule has 6 rings (SSSR count). The normalized spacial score (nSPS) is 19.2. The van der Waals surface area contributed by atoms with E-state index in [0.717, 1.165) is 54.1 Å². The summed E-state index contributed by atoms with van der Waals surface area (Å²) in [6.07, 6.45) is 1.98. The third kappa shape index (κ3) is 7.91. The van der Waals surface area contributed by atoms with Gasteiger partial charge in [-0.3, -0.25) is 14.5 Å². The summed E-state index contributed by atoms with van der Waals surface area (Å²) < 4.78 is 23.5. The highest BCUT2D eigenvalue weighted by Crippen LogP contribution is 2.41. The maximum absolute atomic E-state index is 13.6. The van der Waals surface area contributed by atoms with E-state index in [4.69, 9.17) is 36.3 Å². The molecule has 2 saturated heterocycles. The molecule has 3 aromatic rings. The van der Waals surface area contributed by atoms with Crippen molar-refractivity contribution in [3.05, 3.63) is 93.6 Å². The molecule has 14 heteroatoms. The third-order valence-corrected chi connectivity index (χ3v) is 11.3. The van der Waals surface area contributed by atoms with Gasteiger partial charge in [0.1, 0.15) is 48.4 Å². The predicted octanol–water partition coefficient (Wildman–Crippen LogP) is 4.44. The first-order valence-electron chi connectivity index (χ1n) is 16.8. The van der Waals surface area contributed by atoms with E-state index in [9.17, 15) is 19.5 Å². The van der Waals surface area contributed by atoms with Crippen LogP contribution in [0.5, 0.6) is 23.0 Å². The number of benzene rings is 3. The largest absolute Gasteiger partial charge is 0.497 e. The molecule has 0 spiro atoms. The highest BCUT2D eigenvalue weighted by Gasteiger charge is 2.52. The van der Waals surface area contributed by atoms with E-state index in [0.29, 0.717) is 35.6 Å². The predicted molar refractivity (Wildman–Crippen MR) is 193 cm³/mol. The topological polar surface area (TPSA) is 150 Å². The van der Waals surface area contributed by atoms with E-state index in [2.05, 4.69) is 5.32 Å². The quantitative estimate of drug-likeness (QED) is 0.151. The van der Waals surface area contributed by atoms with Gasteiger partial charge in [0.25, 0.3) is 5.91 Å². The van der Waals surface area contributed by atoms with Crippen LogP contribution >= 0.6 is 23.4 Å². The minimum atomic E-state index is -1.11. The van der Waals surface area contributed by atoms with Gasteiger partial charge in [0.05, 0.1) is 51.0 Å². The number of rotatable bonds is 15. The van der Waals surface area contributed by atoms with Crippen molar-refractivity contribution in [2.45, 2.75) is 37.5 Å². The Balaban J connectivity index is 1.16. The van der Waals surface area contributed by atoms with Gasteiger partial charge in [0.2, 0.25) is 5.91 Å². The van der Waals surface area contributed by atoms with Crippen LogP contribution in [-0.4, -0.2) is 96.4 Å². The number of nitrogens with two attached hydrogens (primary N) is 1. The van der Waals surface area contributed by atoms with Crippen LogP contribution in [0.1, 0.15) is 34.3 Å². The van der Waals surface area contributed by atoms with Crippen molar-refractivity contribution in [1.82, 2.24) is 10.2 Å². The number of β-lactam (4-membered cyclic amide) rings is 1. The number of nitrogens with one attached hydrogen (secondary N) is 1. The number of quaternary nitrogens is 1. The Labute approximate surface area is 306 Å². The van der Waals surface area contributed by atoms with Gasteiger partial charge in [-0.1, -0.05) is 35.9 Å². The fourth-order valence-electron chi connectivity index (χ4n) is 6.80. The number of likely N-dealkylation sites (tertiary alicyclic amines) is 1. The highest BCUT2D eigenvalue weighted by atomic mass is 35.5. The zero-order chi connectivity index (χ0) is 36.1. The molecule has 3 aliphatic rings. The summed E-state index contributed by atoms with van der Waals surface area (Å²) in [4.78, 5) is 39.7. The number of carbonyl (C=O) groups is 3. The minimum Gasteiger partial charge on any atom is -0.497 e. The monoisotopic (exact) mass is 737 g/mol. The van der Waals surface area contributed by atoms with Gasteiger partial charge in [-0.25, -0.2) is 4.79 Å². The minimum absolute atomic E-state index is 0.0575. The number of carboxylic acids is 1. The van der Waals surface area contributed by atoms with Crippen molar-refractivity contribution in [1.29, 1.82) is 0 Å². The standard InChI is InChI=1S/C37H41ClN4O8S/c1-47-26-9-5-23(6-10-26)20-49-29-14-13-28(30(38)33(29)50-21-24-7-11-27(48-2)12-8-24)34(43)40-15-18-42(16-3-4-17-42)19-25-22-51-36-31(39)35(44)41(36)32(25)37(45)46/h5-14,31,36H,3-4,15-22,39H2,1-2H3,(H-,40,43,45,46)/p+1/t31-,36-/m1/s1. The van der Waals surface area contributed by atoms with Gasteiger partial charge in [-0.2, -0.15) is 0 Å². The van der Waals surface area contributed by atoms with Crippen molar-refractivity contribution in [2.24, 2.45) is 5.73 Å². The van der Waals surface area contributed by atoms with Gasteiger partial charge in [0, 0.05) is 24.2 Å². The van der Waals surface area contributed by atoms with Crippen LogP contribution in [0.2, 0.25) is 5.02 Å². The lowest BCUT2D eigenvalue weighted by Crippen LogP contribution is -2.68. The number of carboxylic acid groups (broad SMARTS) is 1. The average molecular weight is 738 g/mol. The fraction of sp³-hybridized carbons (Fsp3) is 0.378. The fourth-order valence-corrected chi connectivity index (χ4v) is 8.38. The summed E-state index contributed by atoms with van der Waals surface area (Å²) in [6, 6.07) is 17.6. The third-order valence-electron chi connectivity index (χ3n) is 9.61. The van der Waals surface area contributed by atoms with Gasteiger partial charge >= 0.3 is 5.97 Å². The summed E-state index contributed by atoms with van der Waals surface area (Å²) in [5, 5.41) is 12.9. The van der Waals surface area contributed by atoms with Gasteiger partial charge in [-0.15, -0.1) is 11.8 Å². The molecule has 270 valence electrons. The second-order valence-electron chi connectivity index (χ2n) is 12.9. The van der Waals surface area contributed by atoms with Crippen LogP contribution in [0.4, 0.5) is 0 Å². The number of aliphatic carboxylic acids is 1. The summed E-state index contributed by atoms with van der Waals surface area (Å²) in [6.45, 7) is 3.52. The first-order valence-corrected chi connectivity index (χ1v) is 18.2. The number of thioether (sulfide) groups is 1. The Morgan fingerprint density at radius 1 is 0.961 bits per heavy atom. The molecular formula is C37H42ClN4O8S+. The van der Waals surface area contributed by atoms with E-state index in [1.165, 1.54) is 16.7 Å². The van der Waals surface area contributed by atoms with E-state index in [1.54, 1.807) is 26.4 Å². The molecule has 0 radical (unpaired) electrons. The molecule has 2 amide bonds. The Morgan fingerprint density at radius 2 is 1.57 bits per heavy atom. The Morgan fingerprint density at radius 3 is 2.16 bits per heavy atom. The lowest BCUT2D eigenvalue weighted by Gasteiger charge is -2.48. The molecule has 2 atom stereocenters. The second-order valence-corrected chi connectivity index (χ2v) is 14.3. The van der Waals surface area contributed by atoms with Crippen LogP contribution in [0.25, 0.3) is 0 Å². The van der Waals surface area contributed by atoms with Gasteiger partial charge in [-0.05, 0) is 47.5 Å². The molecule has 0 aliphatic carbocycles. The molecule has 0 aromatic heterocycles. The van der Waals surface area contributed by atoms with Crippen molar-refractivity contribution in [3.8, 4) is 23.0 Å². The molecule has 0 unspecified atom stereocenters. The first-order chi connectivity index (χ1) is 24.6. The van der Waals surface area contributed by atoms with Crippen LogP contribution in [0, 0.1) is 0 Å². The Bertz CT molecular complexity index is 1800. The molecule has 12 nitrogen and oxygen atoms in total. The van der Waals surface area contributed by atoms with Crippen LogP contribution < -0.4 is 30.0 Å². The number of ether oxygens (including phenoxy) is 4. The number of nitrogens with zero attached hydrogens (tertiary/aromatic N) is 2. The molecule has 4 N–H and O–H groups in total. The molecule has 3 aliphatic heterocycles. The van der Waals surface area contributed by atoms with E-state index in [-0.39, 0.29) is 52.4 Å². The van der Waals surface area contributed by atoms with Gasteiger partial charge in [0.15, 0.2) is 11.5 Å². The van der Waals surface area contributed by atoms with E-state index >= 15 is 0 Å². The number of fused-ring (bicyclic) bond motifs is 1. The van der Waals surface area contributed by atoms with Crippen LogP contribution in [0.15, 0.2) is 71.9 Å². The number of carbonyl (C=O) groups excluding carboxylic acids is 2. The molecular weight excluding hydrogens is 696 g/mol. The molecule has 51 heavy (non-hydrogen) atoms. The number of amides is 2. The number of hydrogen-bond acceptors (Lipinski definition) is 9. The highest BCUT2D eigenvalue weighted by molar-refractivity contribution is 8.00. The summed E-state index contributed by atoms with van der Waals surface area (Å²) in [5.74, 6) is 0.754. The van der Waals surface area contributed by atoms with Crippen molar-refractivity contribution in [3.63, 3.8) is 0 Å². The summed E-state index contributed by atoms with van der Waals surface area (Å²) >= 11 is 8.40. The number of methoxy groups -OCH3 is 2. The molecule has 0 saturated carbocycles. The zero-order valence-corrected chi connectivity index (χ0v) is 30.1. The first kappa shape index (κ1) is 36.4. The lowest BCUT2D eigenvalue weighted by molar-refractivity contribution is -0.911. The average Bonchev–Trinajstić information content (AvgIpc) is 3.61. The smallest absolute Gasteiger partial charge is 0.352 e. The molecule has 3 heterocycles. The molecule has 3 aromatic carbocycles. The lowest BCUT2D eigenvalue weighted by atomic mass is 10.0. The SMILES string of the molecule is COc1ccc(COc2ccc(C(=O)NCC[N+]3(CC4=C(C(=O)O)N5C(=O)[C@@H](N)[C@H]5SC4)CCCC3)c(Cl)c2OCc2ccc(OC)cc2)cc1.